The fourth-order valence-electron chi connectivity index (χ4n) is 3.69. The van der Waals surface area contributed by atoms with E-state index in [9.17, 15) is 4.79 Å². The summed E-state index contributed by atoms with van der Waals surface area (Å²) in [6, 6.07) is 21.4. The summed E-state index contributed by atoms with van der Waals surface area (Å²) in [4.78, 5) is 13.0. The Hall–Kier alpha value is -3.27. The van der Waals surface area contributed by atoms with Crippen LogP contribution in [-0.2, 0) is 6.54 Å². The van der Waals surface area contributed by atoms with Gasteiger partial charge in [-0.25, -0.2) is 0 Å². The summed E-state index contributed by atoms with van der Waals surface area (Å²) in [6.07, 6.45) is 4.57. The Labute approximate surface area is 176 Å². The van der Waals surface area contributed by atoms with Gasteiger partial charge in [0.05, 0.1) is 12.2 Å². The number of unbranched alkanes of at least 4 members (excludes halogenated alkanes) is 3. The topological polar surface area (TPSA) is 51.5 Å². The molecule has 4 heteroatoms. The lowest BCUT2D eigenvalue weighted by Crippen LogP contribution is -2.23. The molecule has 0 atom stereocenters. The molecule has 0 fully saturated rings. The molecule has 0 saturated heterocycles. The quantitative estimate of drug-likeness (QED) is 0.327. The van der Waals surface area contributed by atoms with Crippen LogP contribution in [0.3, 0.4) is 0 Å². The highest BCUT2D eigenvalue weighted by Crippen LogP contribution is 2.37. The molecular weight excluding hydrogens is 374 g/mol. The Kier molecular flexibility index (Phi) is 6.33. The molecule has 4 nitrogen and oxygen atoms in total. The zero-order chi connectivity index (χ0) is 20.8. The van der Waals surface area contributed by atoms with Crippen LogP contribution in [0.5, 0.6) is 5.75 Å². The molecule has 4 rings (SSSR count). The van der Waals surface area contributed by atoms with Crippen molar-refractivity contribution in [3.63, 3.8) is 0 Å². The van der Waals surface area contributed by atoms with Gasteiger partial charge in [0, 0.05) is 17.3 Å². The molecule has 30 heavy (non-hydrogen) atoms. The van der Waals surface area contributed by atoms with Crippen molar-refractivity contribution >= 4 is 27.8 Å². The Morgan fingerprint density at radius 1 is 0.933 bits per heavy atom. The summed E-state index contributed by atoms with van der Waals surface area (Å²) in [6.45, 7) is 3.32. The van der Waals surface area contributed by atoms with E-state index in [1.165, 1.54) is 12.8 Å². The van der Waals surface area contributed by atoms with Gasteiger partial charge in [-0.2, -0.15) is 0 Å². The van der Waals surface area contributed by atoms with Crippen LogP contribution in [-0.4, -0.2) is 12.5 Å². The lowest BCUT2D eigenvalue weighted by Gasteiger charge is -2.10. The summed E-state index contributed by atoms with van der Waals surface area (Å²) < 4.78 is 12.1. The molecule has 4 aromatic rings. The third-order valence-corrected chi connectivity index (χ3v) is 5.29. The first-order chi connectivity index (χ1) is 14.8. The van der Waals surface area contributed by atoms with Gasteiger partial charge in [-0.05, 0) is 30.2 Å². The second kappa shape index (κ2) is 9.49. The van der Waals surface area contributed by atoms with E-state index in [1.807, 2.05) is 66.7 Å². The summed E-state index contributed by atoms with van der Waals surface area (Å²) in [5.74, 6) is 0.571. The van der Waals surface area contributed by atoms with Crippen molar-refractivity contribution in [1.29, 1.82) is 0 Å². The number of ether oxygens (including phenoxy) is 1. The Morgan fingerprint density at radius 3 is 2.57 bits per heavy atom. The molecule has 0 aliphatic heterocycles. The predicted octanol–water partition coefficient (Wildman–Crippen LogP) is 6.48. The highest BCUT2D eigenvalue weighted by molar-refractivity contribution is 6.17. The standard InChI is InChI=1S/C26H27NO3/c1-2-3-4-10-17-29-23-16-15-21(26(28)27-18-19-11-6-5-7-12-19)24-20-13-8-9-14-22(20)30-25(23)24/h5-9,11-16H,2-4,10,17-18H2,1H3,(H,27,28). The fraction of sp³-hybridized carbons (Fsp3) is 0.269. The highest BCUT2D eigenvalue weighted by Gasteiger charge is 2.19. The second-order valence-electron chi connectivity index (χ2n) is 7.49. The van der Waals surface area contributed by atoms with Crippen LogP contribution in [0.1, 0.15) is 48.5 Å². The lowest BCUT2D eigenvalue weighted by atomic mass is 10.0. The van der Waals surface area contributed by atoms with E-state index < -0.39 is 0 Å². The SMILES string of the molecule is CCCCCCOc1ccc(C(=O)NCc2ccccc2)c2c1oc1ccccc12. The van der Waals surface area contributed by atoms with E-state index in [1.54, 1.807) is 0 Å². The third-order valence-electron chi connectivity index (χ3n) is 5.29. The zero-order valence-corrected chi connectivity index (χ0v) is 17.3. The number of hydrogen-bond donors (Lipinski definition) is 1. The number of benzene rings is 3. The number of amides is 1. The number of furan rings is 1. The van der Waals surface area contributed by atoms with E-state index in [0.29, 0.717) is 30.0 Å². The van der Waals surface area contributed by atoms with Crippen molar-refractivity contribution in [2.24, 2.45) is 0 Å². The van der Waals surface area contributed by atoms with Crippen LogP contribution >= 0.6 is 0 Å². The molecule has 0 saturated carbocycles. The average Bonchev–Trinajstić information content (AvgIpc) is 3.18. The minimum absolute atomic E-state index is 0.120. The summed E-state index contributed by atoms with van der Waals surface area (Å²) in [7, 11) is 0. The fourth-order valence-corrected chi connectivity index (χ4v) is 3.69. The number of nitrogens with one attached hydrogen (secondary N) is 1. The summed E-state index contributed by atoms with van der Waals surface area (Å²) >= 11 is 0. The van der Waals surface area contributed by atoms with Crippen LogP contribution in [0.2, 0.25) is 0 Å². The molecule has 154 valence electrons. The molecule has 3 aromatic carbocycles. The number of hydrogen-bond acceptors (Lipinski definition) is 3. The third kappa shape index (κ3) is 4.33. The van der Waals surface area contributed by atoms with E-state index in [-0.39, 0.29) is 5.91 Å². The van der Waals surface area contributed by atoms with Crippen molar-refractivity contribution in [1.82, 2.24) is 5.32 Å². The molecule has 0 aliphatic rings. The van der Waals surface area contributed by atoms with E-state index in [0.717, 1.165) is 34.8 Å². The molecule has 1 aromatic heterocycles. The van der Waals surface area contributed by atoms with E-state index >= 15 is 0 Å². The first kappa shape index (κ1) is 20.0. The van der Waals surface area contributed by atoms with Gasteiger partial charge in [0.25, 0.3) is 5.91 Å². The van der Waals surface area contributed by atoms with Gasteiger partial charge in [0.1, 0.15) is 5.58 Å². The highest BCUT2D eigenvalue weighted by atomic mass is 16.5. The molecule has 0 bridgehead atoms. The predicted molar refractivity (Wildman–Crippen MR) is 121 cm³/mol. The largest absolute Gasteiger partial charge is 0.490 e. The number of para-hydroxylation sites is 1. The van der Waals surface area contributed by atoms with Gasteiger partial charge < -0.3 is 14.5 Å². The maximum atomic E-state index is 13.0. The van der Waals surface area contributed by atoms with Crippen molar-refractivity contribution in [2.45, 2.75) is 39.2 Å². The minimum atomic E-state index is -0.120. The Morgan fingerprint density at radius 2 is 1.73 bits per heavy atom. The first-order valence-electron chi connectivity index (χ1n) is 10.7. The van der Waals surface area contributed by atoms with Crippen molar-refractivity contribution in [3.8, 4) is 5.75 Å². The molecule has 0 aliphatic carbocycles. The molecule has 1 amide bonds. The number of fused-ring (bicyclic) bond motifs is 3. The summed E-state index contributed by atoms with van der Waals surface area (Å²) in [5.41, 5.74) is 3.06. The van der Waals surface area contributed by atoms with Gasteiger partial charge in [0.15, 0.2) is 11.3 Å². The maximum Gasteiger partial charge on any atom is 0.252 e. The van der Waals surface area contributed by atoms with Crippen LogP contribution in [0.15, 0.2) is 71.1 Å². The van der Waals surface area contributed by atoms with Crippen molar-refractivity contribution in [3.05, 3.63) is 77.9 Å². The average molecular weight is 402 g/mol. The smallest absolute Gasteiger partial charge is 0.252 e. The van der Waals surface area contributed by atoms with Gasteiger partial charge in [-0.1, -0.05) is 74.7 Å². The lowest BCUT2D eigenvalue weighted by molar-refractivity contribution is 0.0952. The van der Waals surface area contributed by atoms with Crippen LogP contribution in [0.4, 0.5) is 0 Å². The number of carbonyl (C=O) groups excluding carboxylic acids is 1. The maximum absolute atomic E-state index is 13.0. The Bertz CT molecular complexity index is 1130. The van der Waals surface area contributed by atoms with Crippen molar-refractivity contribution in [2.75, 3.05) is 6.61 Å². The monoisotopic (exact) mass is 401 g/mol. The van der Waals surface area contributed by atoms with E-state index in [2.05, 4.69) is 12.2 Å². The molecule has 0 radical (unpaired) electrons. The number of rotatable bonds is 9. The van der Waals surface area contributed by atoms with E-state index in [4.69, 9.17) is 9.15 Å². The van der Waals surface area contributed by atoms with Gasteiger partial charge >= 0.3 is 0 Å². The second-order valence-corrected chi connectivity index (χ2v) is 7.49. The Balaban J connectivity index is 1.63. The molecule has 0 unspecified atom stereocenters. The zero-order valence-electron chi connectivity index (χ0n) is 17.3. The van der Waals surface area contributed by atoms with Gasteiger partial charge in [0.2, 0.25) is 0 Å². The summed E-state index contributed by atoms with van der Waals surface area (Å²) in [5, 5.41) is 4.76. The van der Waals surface area contributed by atoms with Crippen LogP contribution < -0.4 is 10.1 Å². The molecule has 0 spiro atoms. The van der Waals surface area contributed by atoms with Crippen LogP contribution in [0, 0.1) is 0 Å². The minimum Gasteiger partial charge on any atom is -0.490 e. The van der Waals surface area contributed by atoms with Crippen LogP contribution in [0.25, 0.3) is 21.9 Å². The first-order valence-corrected chi connectivity index (χ1v) is 10.7. The molecule has 1 N–H and O–H groups in total. The van der Waals surface area contributed by atoms with Crippen molar-refractivity contribution < 1.29 is 13.9 Å². The van der Waals surface area contributed by atoms with Gasteiger partial charge in [-0.15, -0.1) is 0 Å². The number of carbonyl (C=O) groups is 1. The normalized spacial score (nSPS) is 11.1. The van der Waals surface area contributed by atoms with Gasteiger partial charge in [-0.3, -0.25) is 4.79 Å². The molecule has 1 heterocycles. The molecular formula is C26H27NO3.